The van der Waals surface area contributed by atoms with Crippen molar-refractivity contribution in [3.63, 3.8) is 0 Å². The first-order chi connectivity index (χ1) is 20.9. The van der Waals surface area contributed by atoms with E-state index in [1.165, 1.54) is 37.7 Å². The molecule has 0 radical (unpaired) electrons. The minimum Gasteiger partial charge on any atom is -0.368 e. The number of benzene rings is 2. The average Bonchev–Trinajstić information content (AvgIpc) is 3.34. The van der Waals surface area contributed by atoms with Crippen LogP contribution in [0.2, 0.25) is 0 Å². The number of amides is 1. The predicted octanol–water partition coefficient (Wildman–Crippen LogP) is 7.55. The van der Waals surface area contributed by atoms with Gasteiger partial charge in [-0.05, 0) is 48.4 Å². The van der Waals surface area contributed by atoms with Crippen molar-refractivity contribution in [3.8, 4) is 0 Å². The Balaban J connectivity index is 0.000000265. The summed E-state index contributed by atoms with van der Waals surface area (Å²) in [5.74, 6) is 1.81. The molecule has 0 unspecified atom stereocenters. The summed E-state index contributed by atoms with van der Waals surface area (Å²) in [7, 11) is 3.88. The number of nitrogens with one attached hydrogen (secondary N) is 1. The standard InChI is InChI=1S/C24H29NO2.C10H12N4.C2H6/c26-23(16-17-24(27)25-18-19-8-4-3-5-9-19)22-14-12-21(13-15-22)20-10-6-1-2-7-11-20;1-14(2)9-7-5-3-4-6-8(7)12-10(11)13-9;1-2/h1-2,6-7,10,12-15,19H,3-5,8-9,11,16-18H2,(H,25,27);3-6H,1-2H3,(H2,11,12,13);1-2H3. The molecule has 7 nitrogen and oxygen atoms in total. The lowest BCUT2D eigenvalue weighted by Crippen LogP contribution is -2.30. The van der Waals surface area contributed by atoms with Gasteiger partial charge >= 0.3 is 0 Å². The van der Waals surface area contributed by atoms with E-state index >= 15 is 0 Å². The van der Waals surface area contributed by atoms with Gasteiger partial charge in [-0.25, -0.2) is 4.98 Å². The van der Waals surface area contributed by atoms with Gasteiger partial charge in [-0.3, -0.25) is 9.59 Å². The Morgan fingerprint density at radius 2 is 1.63 bits per heavy atom. The molecular weight excluding hydrogens is 534 g/mol. The fourth-order valence-electron chi connectivity index (χ4n) is 5.19. The quantitative estimate of drug-likeness (QED) is 0.266. The Kier molecular flexibility index (Phi) is 13.6. The Morgan fingerprint density at radius 1 is 0.907 bits per heavy atom. The Morgan fingerprint density at radius 3 is 2.35 bits per heavy atom. The summed E-state index contributed by atoms with van der Waals surface area (Å²) in [6.45, 7) is 4.76. The molecule has 1 amide bonds. The van der Waals surface area contributed by atoms with Crippen molar-refractivity contribution in [2.75, 3.05) is 31.3 Å². The van der Waals surface area contributed by atoms with Gasteiger partial charge in [-0.15, -0.1) is 0 Å². The second-order valence-electron chi connectivity index (χ2n) is 10.8. The highest BCUT2D eigenvalue weighted by atomic mass is 16.2. The first-order valence-electron chi connectivity index (χ1n) is 15.5. The second kappa shape index (κ2) is 17.6. The molecule has 0 aliphatic heterocycles. The van der Waals surface area contributed by atoms with Crippen LogP contribution in [-0.2, 0) is 4.79 Å². The van der Waals surface area contributed by atoms with Gasteiger partial charge in [0.1, 0.15) is 5.82 Å². The number of nitrogens with zero attached hydrogens (tertiary/aromatic N) is 3. The number of ketones is 1. The van der Waals surface area contributed by atoms with Crippen molar-refractivity contribution < 1.29 is 9.59 Å². The molecule has 0 bridgehead atoms. The molecule has 0 spiro atoms. The van der Waals surface area contributed by atoms with Gasteiger partial charge < -0.3 is 16.0 Å². The largest absolute Gasteiger partial charge is 0.368 e. The third kappa shape index (κ3) is 10.5. The molecule has 1 fully saturated rings. The third-order valence-electron chi connectivity index (χ3n) is 7.49. The smallest absolute Gasteiger partial charge is 0.222 e. The number of carbonyl (C=O) groups excluding carboxylic acids is 2. The highest BCUT2D eigenvalue weighted by molar-refractivity contribution is 5.98. The van der Waals surface area contributed by atoms with Crippen molar-refractivity contribution in [2.24, 2.45) is 5.92 Å². The number of hydrogen-bond donors (Lipinski definition) is 2. The molecule has 1 saturated carbocycles. The van der Waals surface area contributed by atoms with Crippen LogP contribution in [0.4, 0.5) is 11.8 Å². The van der Waals surface area contributed by atoms with Crippen molar-refractivity contribution in [3.05, 3.63) is 90.0 Å². The number of nitrogen functional groups attached to an aromatic ring is 1. The molecule has 7 heteroatoms. The van der Waals surface area contributed by atoms with E-state index in [1.54, 1.807) is 0 Å². The third-order valence-corrected chi connectivity index (χ3v) is 7.49. The molecule has 2 aromatic carbocycles. The first kappa shape index (κ1) is 33.2. The predicted molar refractivity (Wildman–Crippen MR) is 180 cm³/mol. The molecule has 0 saturated heterocycles. The van der Waals surface area contributed by atoms with Gasteiger partial charge in [0.15, 0.2) is 5.78 Å². The minimum atomic E-state index is -0.00673. The normalized spacial score (nSPS) is 14.4. The molecular formula is C36H47N5O2. The zero-order chi connectivity index (χ0) is 31.0. The monoisotopic (exact) mass is 581 g/mol. The summed E-state index contributed by atoms with van der Waals surface area (Å²) >= 11 is 0. The van der Waals surface area contributed by atoms with Crippen LogP contribution in [0.25, 0.3) is 16.5 Å². The molecule has 43 heavy (non-hydrogen) atoms. The van der Waals surface area contributed by atoms with Crippen LogP contribution < -0.4 is 16.0 Å². The summed E-state index contributed by atoms with van der Waals surface area (Å²) in [5.41, 5.74) is 9.54. The van der Waals surface area contributed by atoms with Gasteiger partial charge in [-0.1, -0.05) is 99.9 Å². The molecule has 1 heterocycles. The van der Waals surface area contributed by atoms with Gasteiger partial charge in [0.05, 0.1) is 5.52 Å². The molecule has 5 rings (SSSR count). The van der Waals surface area contributed by atoms with E-state index in [-0.39, 0.29) is 24.5 Å². The lowest BCUT2D eigenvalue weighted by Gasteiger charge is -2.21. The van der Waals surface area contributed by atoms with E-state index in [1.807, 2.05) is 99.6 Å². The van der Waals surface area contributed by atoms with E-state index in [0.717, 1.165) is 35.2 Å². The van der Waals surface area contributed by atoms with Crippen LogP contribution in [0.1, 0.15) is 81.1 Å². The summed E-state index contributed by atoms with van der Waals surface area (Å²) in [6, 6.07) is 15.6. The highest BCUT2D eigenvalue weighted by Gasteiger charge is 2.15. The number of carbonyl (C=O) groups is 2. The SMILES string of the molecule is CC.CN(C)c1nc(N)nc2ccccc12.O=C(CCC(=O)c1ccc(C2=CC=CC=CC2)cc1)NCC1CCCCC1. The van der Waals surface area contributed by atoms with Gasteiger partial charge in [0, 0.05) is 44.4 Å². The maximum Gasteiger partial charge on any atom is 0.222 e. The molecule has 0 atom stereocenters. The number of rotatable bonds is 8. The molecule has 2 aliphatic carbocycles. The van der Waals surface area contributed by atoms with Crippen molar-refractivity contribution in [1.29, 1.82) is 0 Å². The molecule has 1 aromatic heterocycles. The van der Waals surface area contributed by atoms with Gasteiger partial charge in [0.25, 0.3) is 0 Å². The summed E-state index contributed by atoms with van der Waals surface area (Å²) in [5, 5.41) is 4.03. The number of fused-ring (bicyclic) bond motifs is 1. The van der Waals surface area contributed by atoms with Crippen LogP contribution in [0, 0.1) is 5.92 Å². The average molecular weight is 582 g/mol. The Hall–Kier alpha value is -4.26. The summed E-state index contributed by atoms with van der Waals surface area (Å²) in [6.07, 6.45) is 18.1. The molecule has 228 valence electrons. The molecule has 3 aromatic rings. The maximum absolute atomic E-state index is 12.4. The lowest BCUT2D eigenvalue weighted by atomic mass is 9.89. The minimum absolute atomic E-state index is 0.00673. The van der Waals surface area contributed by atoms with Crippen LogP contribution in [0.15, 0.2) is 78.9 Å². The molecule has 2 aliphatic rings. The van der Waals surface area contributed by atoms with Crippen molar-refractivity contribution >= 4 is 39.9 Å². The second-order valence-corrected chi connectivity index (χ2v) is 10.8. The topological polar surface area (TPSA) is 101 Å². The van der Waals surface area contributed by atoms with Crippen molar-refractivity contribution in [1.82, 2.24) is 15.3 Å². The van der Waals surface area contributed by atoms with Gasteiger partial charge in [-0.2, -0.15) is 4.98 Å². The van der Waals surface area contributed by atoms with Crippen LogP contribution in [0.3, 0.4) is 0 Å². The molecule has 3 N–H and O–H groups in total. The number of hydrogen-bond acceptors (Lipinski definition) is 6. The number of allylic oxidation sites excluding steroid dienone is 6. The van der Waals surface area contributed by atoms with Gasteiger partial charge in [0.2, 0.25) is 11.9 Å². The van der Waals surface area contributed by atoms with Crippen molar-refractivity contribution in [2.45, 2.75) is 65.2 Å². The zero-order valence-electron chi connectivity index (χ0n) is 26.2. The first-order valence-corrected chi connectivity index (χ1v) is 15.5. The summed E-state index contributed by atoms with van der Waals surface area (Å²) < 4.78 is 0. The lowest BCUT2D eigenvalue weighted by molar-refractivity contribution is -0.121. The number of anilines is 2. The van der Waals surface area contributed by atoms with E-state index in [4.69, 9.17) is 5.73 Å². The Labute approximate surface area is 257 Å². The number of para-hydroxylation sites is 1. The summed E-state index contributed by atoms with van der Waals surface area (Å²) in [4.78, 5) is 34.7. The van der Waals surface area contributed by atoms with E-state index in [0.29, 0.717) is 17.4 Å². The van der Waals surface area contributed by atoms with Crippen LogP contribution in [-0.4, -0.2) is 42.3 Å². The number of nitrogens with two attached hydrogens (primary N) is 1. The Bertz CT molecular complexity index is 1420. The maximum atomic E-state index is 12.4. The number of Topliss-reactive ketones (excluding diaryl/α,β-unsaturated/α-hetero) is 1. The zero-order valence-corrected chi connectivity index (χ0v) is 26.2. The van der Waals surface area contributed by atoms with E-state index in [2.05, 4.69) is 27.4 Å². The highest BCUT2D eigenvalue weighted by Crippen LogP contribution is 2.24. The fourth-order valence-corrected chi connectivity index (χ4v) is 5.19. The van der Waals surface area contributed by atoms with Crippen LogP contribution in [0.5, 0.6) is 0 Å². The number of aromatic nitrogens is 2. The van der Waals surface area contributed by atoms with Crippen LogP contribution >= 0.6 is 0 Å². The van der Waals surface area contributed by atoms with E-state index in [9.17, 15) is 9.59 Å². The fraction of sp³-hybridized carbons (Fsp3) is 0.389. The van der Waals surface area contributed by atoms with E-state index < -0.39 is 0 Å².